The van der Waals surface area contributed by atoms with Crippen LogP contribution in [0.15, 0.2) is 48.5 Å². The van der Waals surface area contributed by atoms with E-state index in [4.69, 9.17) is 4.74 Å². The molecular weight excluding hydrogens is 470 g/mol. The van der Waals surface area contributed by atoms with E-state index in [1.54, 1.807) is 69.3 Å². The summed E-state index contributed by atoms with van der Waals surface area (Å²) in [5, 5.41) is 2.54. The number of halogens is 2. The van der Waals surface area contributed by atoms with E-state index in [-0.39, 0.29) is 18.4 Å². The molecule has 190 valence electrons. The zero-order valence-corrected chi connectivity index (χ0v) is 20.4. The maximum atomic E-state index is 13.6. The molecule has 0 unspecified atom stereocenters. The van der Waals surface area contributed by atoms with Crippen molar-refractivity contribution in [2.75, 3.05) is 6.54 Å². The molecule has 3 amide bonds. The minimum atomic E-state index is -2.86. The SMILES string of the molecule is CC(C)(C)OC(=O)c1ccccc1-c1ccc(C(=O)CN2C(=O)NC3(CCC(F)(F)CC3)C2=O)cc1. The highest BCUT2D eigenvalue weighted by atomic mass is 19.3. The molecule has 7 nitrogen and oxygen atoms in total. The van der Waals surface area contributed by atoms with Crippen molar-refractivity contribution in [1.82, 2.24) is 10.2 Å². The van der Waals surface area contributed by atoms with E-state index < -0.39 is 60.1 Å². The first-order valence-corrected chi connectivity index (χ1v) is 11.8. The number of imide groups is 1. The maximum absolute atomic E-state index is 13.6. The molecule has 1 spiro atoms. The fourth-order valence-electron chi connectivity index (χ4n) is 4.52. The minimum Gasteiger partial charge on any atom is -0.456 e. The standard InChI is InChI=1S/C27H28F2N2O5/c1-25(2,3)36-22(33)20-7-5-4-6-19(20)17-8-10-18(11-9-17)21(32)16-31-23(34)26(30-24(31)35)12-14-27(28,29)15-13-26/h4-11H,12-16H2,1-3H3,(H,30,35). The molecule has 1 aliphatic heterocycles. The second-order valence-electron chi connectivity index (χ2n) is 10.3. The van der Waals surface area contributed by atoms with Crippen molar-refractivity contribution in [3.05, 3.63) is 59.7 Å². The predicted octanol–water partition coefficient (Wildman–Crippen LogP) is 4.99. The normalized spacial score (nSPS) is 18.8. The first-order chi connectivity index (χ1) is 16.8. The van der Waals surface area contributed by atoms with Crippen molar-refractivity contribution in [3.63, 3.8) is 0 Å². The van der Waals surface area contributed by atoms with Gasteiger partial charge >= 0.3 is 12.0 Å². The van der Waals surface area contributed by atoms with E-state index in [2.05, 4.69) is 5.32 Å². The molecule has 0 aromatic heterocycles. The van der Waals surface area contributed by atoms with Crippen molar-refractivity contribution in [2.24, 2.45) is 0 Å². The van der Waals surface area contributed by atoms with Gasteiger partial charge in [0.25, 0.3) is 5.91 Å². The molecule has 0 atom stereocenters. The molecule has 2 aromatic rings. The van der Waals surface area contributed by atoms with Gasteiger partial charge in [0, 0.05) is 18.4 Å². The Labute approximate surface area is 207 Å². The van der Waals surface area contributed by atoms with Gasteiger partial charge in [0.2, 0.25) is 5.92 Å². The van der Waals surface area contributed by atoms with Gasteiger partial charge in [-0.05, 0) is 50.8 Å². The van der Waals surface area contributed by atoms with Crippen molar-refractivity contribution < 1.29 is 32.7 Å². The molecule has 1 N–H and O–H groups in total. The van der Waals surface area contributed by atoms with Crippen LogP contribution in [0.25, 0.3) is 11.1 Å². The third-order valence-corrected chi connectivity index (χ3v) is 6.45. The first kappa shape index (κ1) is 25.5. The zero-order chi connectivity index (χ0) is 26.3. The van der Waals surface area contributed by atoms with Gasteiger partial charge in [0.05, 0.1) is 12.1 Å². The smallest absolute Gasteiger partial charge is 0.339 e. The predicted molar refractivity (Wildman–Crippen MR) is 128 cm³/mol. The summed E-state index contributed by atoms with van der Waals surface area (Å²) in [5.41, 5.74) is -0.0501. The molecule has 36 heavy (non-hydrogen) atoms. The number of urea groups is 1. The van der Waals surface area contributed by atoms with Gasteiger partial charge in [-0.1, -0.05) is 42.5 Å². The molecule has 2 aliphatic rings. The van der Waals surface area contributed by atoms with Crippen LogP contribution in [0.5, 0.6) is 0 Å². The zero-order valence-electron chi connectivity index (χ0n) is 20.4. The molecule has 2 aromatic carbocycles. The Morgan fingerprint density at radius 1 is 0.972 bits per heavy atom. The van der Waals surface area contributed by atoms with Crippen molar-refractivity contribution in [2.45, 2.75) is 63.5 Å². The Morgan fingerprint density at radius 2 is 1.58 bits per heavy atom. The summed E-state index contributed by atoms with van der Waals surface area (Å²) in [6.07, 6.45) is -1.32. The van der Waals surface area contributed by atoms with Crippen LogP contribution in [0.3, 0.4) is 0 Å². The molecule has 0 radical (unpaired) electrons. The largest absolute Gasteiger partial charge is 0.456 e. The number of amides is 3. The fraction of sp³-hybridized carbons (Fsp3) is 0.407. The number of carbonyl (C=O) groups is 4. The Kier molecular flexibility index (Phi) is 6.45. The third-order valence-electron chi connectivity index (χ3n) is 6.45. The van der Waals surface area contributed by atoms with Crippen LogP contribution in [0.1, 0.15) is 67.2 Å². The van der Waals surface area contributed by atoms with Gasteiger partial charge in [-0.2, -0.15) is 0 Å². The topological polar surface area (TPSA) is 92.8 Å². The van der Waals surface area contributed by atoms with Crippen LogP contribution < -0.4 is 5.32 Å². The molecule has 9 heteroatoms. The van der Waals surface area contributed by atoms with Gasteiger partial charge in [0.1, 0.15) is 11.1 Å². The van der Waals surface area contributed by atoms with Crippen LogP contribution in [0.2, 0.25) is 0 Å². The van der Waals surface area contributed by atoms with Crippen LogP contribution in [0.4, 0.5) is 13.6 Å². The van der Waals surface area contributed by atoms with Crippen LogP contribution in [-0.2, 0) is 9.53 Å². The minimum absolute atomic E-state index is 0.166. The van der Waals surface area contributed by atoms with Gasteiger partial charge in [0.15, 0.2) is 5.78 Å². The van der Waals surface area contributed by atoms with E-state index in [1.165, 1.54) is 0 Å². The molecule has 1 saturated heterocycles. The van der Waals surface area contributed by atoms with Crippen molar-refractivity contribution in [1.29, 1.82) is 0 Å². The van der Waals surface area contributed by atoms with Gasteiger partial charge < -0.3 is 10.1 Å². The lowest BCUT2D eigenvalue weighted by atomic mass is 9.80. The highest BCUT2D eigenvalue weighted by Gasteiger charge is 2.55. The maximum Gasteiger partial charge on any atom is 0.339 e. The number of ketones is 1. The van der Waals surface area contributed by atoms with Crippen LogP contribution in [0, 0.1) is 0 Å². The number of Topliss-reactive ketones (excluding diaryl/α,β-unsaturated/α-hetero) is 1. The van der Waals surface area contributed by atoms with Gasteiger partial charge in [-0.25, -0.2) is 18.4 Å². The summed E-state index contributed by atoms with van der Waals surface area (Å²) in [6, 6.07) is 12.7. The highest BCUT2D eigenvalue weighted by molar-refractivity contribution is 6.11. The Bertz CT molecular complexity index is 1210. The summed E-state index contributed by atoms with van der Waals surface area (Å²) in [5.74, 6) is -4.43. The van der Waals surface area contributed by atoms with E-state index in [1.807, 2.05) is 0 Å². The lowest BCUT2D eigenvalue weighted by Crippen LogP contribution is -2.51. The Hall–Kier alpha value is -3.62. The van der Waals surface area contributed by atoms with E-state index >= 15 is 0 Å². The highest BCUT2D eigenvalue weighted by Crippen LogP contribution is 2.41. The molecule has 0 bridgehead atoms. The molecular formula is C27H28F2N2O5. The number of carbonyl (C=O) groups excluding carboxylic acids is 4. The Morgan fingerprint density at radius 3 is 2.19 bits per heavy atom. The lowest BCUT2D eigenvalue weighted by molar-refractivity contribution is -0.135. The summed E-state index contributed by atoms with van der Waals surface area (Å²) in [7, 11) is 0. The summed E-state index contributed by atoms with van der Waals surface area (Å²) < 4.78 is 32.6. The average Bonchev–Trinajstić information content (AvgIpc) is 3.04. The van der Waals surface area contributed by atoms with Crippen LogP contribution >= 0.6 is 0 Å². The quantitative estimate of drug-likeness (QED) is 0.356. The molecule has 2 fully saturated rings. The van der Waals surface area contributed by atoms with E-state index in [0.29, 0.717) is 16.7 Å². The second-order valence-corrected chi connectivity index (χ2v) is 10.3. The number of ether oxygens (including phenoxy) is 1. The lowest BCUT2D eigenvalue weighted by Gasteiger charge is -2.34. The molecule has 1 aliphatic carbocycles. The van der Waals surface area contributed by atoms with Crippen LogP contribution in [-0.4, -0.2) is 52.2 Å². The summed E-state index contributed by atoms with van der Waals surface area (Å²) >= 11 is 0. The third kappa shape index (κ3) is 5.15. The first-order valence-electron chi connectivity index (χ1n) is 11.8. The van der Waals surface area contributed by atoms with Crippen molar-refractivity contribution >= 4 is 23.7 Å². The number of esters is 1. The molecule has 1 saturated carbocycles. The number of benzene rings is 2. The molecule has 1 heterocycles. The number of hydrogen-bond acceptors (Lipinski definition) is 5. The molecule has 4 rings (SSSR count). The number of nitrogens with one attached hydrogen (secondary N) is 1. The van der Waals surface area contributed by atoms with Gasteiger partial charge in [-0.15, -0.1) is 0 Å². The number of rotatable bonds is 5. The average molecular weight is 499 g/mol. The number of hydrogen-bond donors (Lipinski definition) is 1. The number of nitrogens with zero attached hydrogens (tertiary/aromatic N) is 1. The monoisotopic (exact) mass is 498 g/mol. The Balaban J connectivity index is 1.48. The van der Waals surface area contributed by atoms with E-state index in [9.17, 15) is 28.0 Å². The fourth-order valence-corrected chi connectivity index (χ4v) is 4.52. The number of alkyl halides is 2. The van der Waals surface area contributed by atoms with E-state index in [0.717, 1.165) is 4.90 Å². The van der Waals surface area contributed by atoms with Crippen molar-refractivity contribution in [3.8, 4) is 11.1 Å². The second kappa shape index (κ2) is 9.11. The van der Waals surface area contributed by atoms with Gasteiger partial charge in [-0.3, -0.25) is 14.5 Å². The summed E-state index contributed by atoms with van der Waals surface area (Å²) in [4.78, 5) is 51.7. The summed E-state index contributed by atoms with van der Waals surface area (Å²) in [6.45, 7) is 4.86.